The van der Waals surface area contributed by atoms with Crippen LogP contribution in [0.3, 0.4) is 0 Å². The second-order valence-corrected chi connectivity index (χ2v) is 3.37. The predicted molar refractivity (Wildman–Crippen MR) is 55.8 cm³/mol. The normalized spacial score (nSPS) is 13.1. The molecule has 0 fully saturated rings. The summed E-state index contributed by atoms with van der Waals surface area (Å²) in [5, 5.41) is -1.37. The molecular weight excluding hydrogens is 222 g/mol. The van der Waals surface area contributed by atoms with E-state index in [1.807, 2.05) is 0 Å². The summed E-state index contributed by atoms with van der Waals surface area (Å²) in [5.74, 6) is -0.785. The Morgan fingerprint density at radius 1 is 1.33 bits per heavy atom. The zero-order chi connectivity index (χ0) is 11.0. The molecule has 2 aromatic rings. The lowest BCUT2D eigenvalue weighted by Crippen LogP contribution is -1.95. The van der Waals surface area contributed by atoms with Crippen molar-refractivity contribution in [2.75, 3.05) is 0 Å². The molecule has 0 N–H and O–H groups in total. The fraction of sp³-hybridized carbons (Fsp3) is 0.100. The molecule has 78 valence electrons. The number of hydrogen-bond acceptors (Lipinski definition) is 1. The van der Waals surface area contributed by atoms with Gasteiger partial charge in [-0.1, -0.05) is 12.1 Å². The van der Waals surface area contributed by atoms with Gasteiger partial charge in [-0.05, 0) is 30.7 Å². The minimum atomic E-state index is -1.37. The van der Waals surface area contributed by atoms with Crippen molar-refractivity contribution in [3.63, 3.8) is 0 Å². The van der Waals surface area contributed by atoms with Crippen LogP contribution in [0.25, 0.3) is 17.0 Å². The van der Waals surface area contributed by atoms with Gasteiger partial charge in [0.15, 0.2) is 0 Å². The summed E-state index contributed by atoms with van der Waals surface area (Å²) in [6, 6.07) is 6.87. The van der Waals surface area contributed by atoms with Gasteiger partial charge in [0.2, 0.25) is 11.2 Å². The van der Waals surface area contributed by atoms with Gasteiger partial charge in [-0.3, -0.25) is 4.57 Å². The lowest BCUT2D eigenvalue weighted by atomic mass is 10.3. The second kappa shape index (κ2) is 3.62. The molecular formula is C10H7ClF2N2. The number of rotatable bonds is 1. The Kier molecular flexibility index (Phi) is 2.44. The van der Waals surface area contributed by atoms with Crippen LogP contribution in [0.1, 0.15) is 5.82 Å². The highest BCUT2D eigenvalue weighted by Crippen LogP contribution is 2.25. The molecule has 0 aliphatic heterocycles. The van der Waals surface area contributed by atoms with Crippen molar-refractivity contribution in [2.24, 2.45) is 0 Å². The van der Waals surface area contributed by atoms with Crippen molar-refractivity contribution in [1.82, 2.24) is 9.55 Å². The quantitative estimate of drug-likeness (QED) is 0.729. The Morgan fingerprint density at radius 3 is 2.67 bits per heavy atom. The molecule has 0 bridgehead atoms. The Balaban J connectivity index is 2.81. The van der Waals surface area contributed by atoms with Crippen LogP contribution in [-0.4, -0.2) is 9.55 Å². The van der Waals surface area contributed by atoms with Crippen LogP contribution in [0.4, 0.5) is 8.78 Å². The number of hydrogen-bond donors (Lipinski definition) is 0. The molecule has 0 aliphatic carbocycles. The molecule has 0 unspecified atom stereocenters. The van der Waals surface area contributed by atoms with Crippen molar-refractivity contribution in [2.45, 2.75) is 6.92 Å². The molecule has 1 aromatic heterocycles. The first kappa shape index (κ1) is 10.1. The summed E-state index contributed by atoms with van der Waals surface area (Å²) in [4.78, 5) is 4.08. The monoisotopic (exact) mass is 228 g/mol. The van der Waals surface area contributed by atoms with Gasteiger partial charge in [-0.2, -0.15) is 8.78 Å². The van der Waals surface area contributed by atoms with Gasteiger partial charge in [0.05, 0.1) is 11.0 Å². The van der Waals surface area contributed by atoms with Gasteiger partial charge in [0.25, 0.3) is 0 Å². The summed E-state index contributed by atoms with van der Waals surface area (Å²) in [6.07, 6.45) is 0. The molecule has 0 radical (unpaired) electrons. The summed E-state index contributed by atoms with van der Waals surface area (Å²) in [5.41, 5.74) is 1.09. The third-order valence-corrected chi connectivity index (χ3v) is 2.24. The molecule has 1 heterocycles. The summed E-state index contributed by atoms with van der Waals surface area (Å²) in [7, 11) is 0. The van der Waals surface area contributed by atoms with Crippen LogP contribution in [0.5, 0.6) is 0 Å². The molecule has 0 spiro atoms. The number of aromatic nitrogens is 2. The first-order chi connectivity index (χ1) is 7.11. The van der Waals surface area contributed by atoms with E-state index in [4.69, 9.17) is 11.6 Å². The molecule has 15 heavy (non-hydrogen) atoms. The van der Waals surface area contributed by atoms with Crippen molar-refractivity contribution in [3.8, 4) is 0 Å². The molecule has 0 atom stereocenters. The summed E-state index contributed by atoms with van der Waals surface area (Å²) in [6.45, 7) is 1.58. The Bertz CT molecular complexity index is 541. The van der Waals surface area contributed by atoms with Gasteiger partial charge in [-0.15, -0.1) is 0 Å². The highest BCUT2D eigenvalue weighted by atomic mass is 35.5. The van der Waals surface area contributed by atoms with E-state index in [9.17, 15) is 8.78 Å². The van der Waals surface area contributed by atoms with Crippen LogP contribution < -0.4 is 0 Å². The SMILES string of the molecule is Cc1nc2ccccc2n1/C(F)=C(/F)Cl. The van der Waals surface area contributed by atoms with Crippen molar-refractivity contribution in [3.05, 3.63) is 35.4 Å². The maximum atomic E-state index is 13.4. The number of aryl methyl sites for hydroxylation is 1. The van der Waals surface area contributed by atoms with Crippen molar-refractivity contribution >= 4 is 28.6 Å². The van der Waals surface area contributed by atoms with E-state index in [0.29, 0.717) is 16.9 Å². The number of imidazole rings is 1. The largest absolute Gasteiger partial charge is 0.269 e. The van der Waals surface area contributed by atoms with Crippen LogP contribution >= 0.6 is 11.6 Å². The van der Waals surface area contributed by atoms with Crippen molar-refractivity contribution in [1.29, 1.82) is 0 Å². The van der Waals surface area contributed by atoms with E-state index < -0.39 is 11.2 Å². The highest BCUT2D eigenvalue weighted by molar-refractivity contribution is 6.30. The van der Waals surface area contributed by atoms with Crippen LogP contribution in [-0.2, 0) is 0 Å². The van der Waals surface area contributed by atoms with E-state index >= 15 is 0 Å². The second-order valence-electron chi connectivity index (χ2n) is 3.03. The van der Waals surface area contributed by atoms with Crippen molar-refractivity contribution < 1.29 is 8.78 Å². The zero-order valence-corrected chi connectivity index (χ0v) is 8.59. The topological polar surface area (TPSA) is 17.8 Å². The first-order valence-electron chi connectivity index (χ1n) is 4.26. The number of benzene rings is 1. The van der Waals surface area contributed by atoms with Gasteiger partial charge in [0, 0.05) is 0 Å². The molecule has 0 saturated carbocycles. The maximum Gasteiger partial charge on any atom is 0.247 e. The van der Waals surface area contributed by atoms with Gasteiger partial charge >= 0.3 is 0 Å². The molecule has 2 rings (SSSR count). The molecule has 0 saturated heterocycles. The third kappa shape index (κ3) is 1.61. The highest BCUT2D eigenvalue weighted by Gasteiger charge is 2.13. The number of fused-ring (bicyclic) bond motifs is 1. The molecule has 1 aromatic carbocycles. The minimum absolute atomic E-state index is 0.351. The lowest BCUT2D eigenvalue weighted by molar-refractivity contribution is 0.613. The third-order valence-electron chi connectivity index (χ3n) is 2.08. The minimum Gasteiger partial charge on any atom is -0.269 e. The van der Waals surface area contributed by atoms with Crippen LogP contribution in [0.15, 0.2) is 29.6 Å². The zero-order valence-electron chi connectivity index (χ0n) is 7.84. The summed E-state index contributed by atoms with van der Waals surface area (Å²) < 4.78 is 27.0. The fourth-order valence-corrected chi connectivity index (χ4v) is 1.56. The fourth-order valence-electron chi connectivity index (χ4n) is 1.48. The van der Waals surface area contributed by atoms with E-state index in [-0.39, 0.29) is 0 Å². The van der Waals surface area contributed by atoms with Crippen LogP contribution in [0, 0.1) is 6.92 Å². The van der Waals surface area contributed by atoms with Gasteiger partial charge in [0.1, 0.15) is 5.82 Å². The number of halogens is 3. The smallest absolute Gasteiger partial charge is 0.247 e. The molecule has 0 amide bonds. The average Bonchev–Trinajstić information content (AvgIpc) is 2.52. The van der Waals surface area contributed by atoms with E-state index in [0.717, 1.165) is 4.57 Å². The van der Waals surface area contributed by atoms with Gasteiger partial charge in [-0.25, -0.2) is 4.98 Å². The first-order valence-corrected chi connectivity index (χ1v) is 4.64. The molecule has 5 heteroatoms. The Morgan fingerprint density at radius 2 is 2.00 bits per heavy atom. The maximum absolute atomic E-state index is 13.4. The predicted octanol–water partition coefficient (Wildman–Crippen LogP) is 3.61. The Labute approximate surface area is 89.8 Å². The lowest BCUT2D eigenvalue weighted by Gasteiger charge is -2.01. The summed E-state index contributed by atoms with van der Waals surface area (Å²) >= 11 is 4.98. The van der Waals surface area contributed by atoms with E-state index in [1.54, 1.807) is 31.2 Å². The standard InChI is InChI=1S/C10H7ClF2N2/c1-6-14-7-4-2-3-5-8(7)15(6)10(13)9(11)12/h2-5H,1H3/b10-9+. The average molecular weight is 229 g/mol. The van der Waals surface area contributed by atoms with E-state index in [2.05, 4.69) is 4.98 Å². The Hall–Kier alpha value is -1.42. The number of para-hydroxylation sites is 2. The van der Waals surface area contributed by atoms with E-state index in [1.165, 1.54) is 0 Å². The molecule has 2 nitrogen and oxygen atoms in total. The van der Waals surface area contributed by atoms with Gasteiger partial charge < -0.3 is 0 Å². The van der Waals surface area contributed by atoms with Crippen LogP contribution in [0.2, 0.25) is 0 Å². The number of nitrogens with zero attached hydrogens (tertiary/aromatic N) is 2. The molecule has 0 aliphatic rings.